The second kappa shape index (κ2) is 5.14. The molecule has 2 rings (SSSR count). The maximum Gasteiger partial charge on any atom is 0.147 e. The van der Waals surface area contributed by atoms with Crippen LogP contribution in [0.15, 0.2) is 18.3 Å². The van der Waals surface area contributed by atoms with Gasteiger partial charge in [0.25, 0.3) is 0 Å². The SMILES string of the molecule is Clc1cccnc1N1CCOCC(Br)C1. The lowest BCUT2D eigenvalue weighted by molar-refractivity contribution is 0.156. The summed E-state index contributed by atoms with van der Waals surface area (Å²) in [4.78, 5) is 6.77. The van der Waals surface area contributed by atoms with Crippen LogP contribution in [-0.4, -0.2) is 36.1 Å². The zero-order chi connectivity index (χ0) is 10.7. The lowest BCUT2D eigenvalue weighted by Gasteiger charge is -2.22. The van der Waals surface area contributed by atoms with Crippen LogP contribution in [-0.2, 0) is 4.74 Å². The van der Waals surface area contributed by atoms with Gasteiger partial charge in [0.15, 0.2) is 0 Å². The van der Waals surface area contributed by atoms with Gasteiger partial charge in [-0.15, -0.1) is 0 Å². The minimum Gasteiger partial charge on any atom is -0.378 e. The van der Waals surface area contributed by atoms with Gasteiger partial charge in [-0.3, -0.25) is 0 Å². The summed E-state index contributed by atoms with van der Waals surface area (Å²) in [6.07, 6.45) is 1.76. The summed E-state index contributed by atoms with van der Waals surface area (Å²) in [5.41, 5.74) is 0. The second-order valence-corrected chi connectivity index (χ2v) is 5.13. The molecule has 0 radical (unpaired) electrons. The number of halogens is 2. The summed E-state index contributed by atoms with van der Waals surface area (Å²) in [6, 6.07) is 3.70. The Morgan fingerprint density at radius 1 is 1.60 bits per heavy atom. The smallest absolute Gasteiger partial charge is 0.147 e. The normalized spacial score (nSPS) is 22.5. The van der Waals surface area contributed by atoms with Crippen molar-refractivity contribution in [3.63, 3.8) is 0 Å². The number of ether oxygens (including phenoxy) is 1. The number of aromatic nitrogens is 1. The molecule has 1 aliphatic rings. The van der Waals surface area contributed by atoms with E-state index in [-0.39, 0.29) is 0 Å². The van der Waals surface area contributed by atoms with E-state index in [1.807, 2.05) is 12.1 Å². The monoisotopic (exact) mass is 290 g/mol. The molecule has 0 bridgehead atoms. The first kappa shape index (κ1) is 11.2. The van der Waals surface area contributed by atoms with Gasteiger partial charge < -0.3 is 9.64 Å². The third-order valence-corrected chi connectivity index (χ3v) is 3.11. The predicted octanol–water partition coefficient (Wildman–Crippen LogP) is 2.34. The predicted molar refractivity (Wildman–Crippen MR) is 65.0 cm³/mol. The van der Waals surface area contributed by atoms with Crippen molar-refractivity contribution < 1.29 is 4.74 Å². The largest absolute Gasteiger partial charge is 0.378 e. The van der Waals surface area contributed by atoms with Crippen molar-refractivity contribution >= 4 is 33.3 Å². The van der Waals surface area contributed by atoms with Gasteiger partial charge in [0, 0.05) is 19.3 Å². The Kier molecular flexibility index (Phi) is 3.83. The molecule has 0 saturated carbocycles. The van der Waals surface area contributed by atoms with Gasteiger partial charge in [0.05, 0.1) is 23.1 Å². The molecule has 1 saturated heterocycles. The molecular weight excluding hydrogens is 279 g/mol. The van der Waals surface area contributed by atoms with Crippen molar-refractivity contribution in [2.45, 2.75) is 4.83 Å². The maximum atomic E-state index is 6.10. The van der Waals surface area contributed by atoms with E-state index >= 15 is 0 Å². The van der Waals surface area contributed by atoms with Crippen LogP contribution < -0.4 is 4.90 Å². The van der Waals surface area contributed by atoms with E-state index in [0.717, 1.165) is 32.1 Å². The number of alkyl halides is 1. The van der Waals surface area contributed by atoms with Crippen LogP contribution in [0, 0.1) is 0 Å². The average Bonchev–Trinajstić information content (AvgIpc) is 2.43. The lowest BCUT2D eigenvalue weighted by atomic mass is 10.3. The number of anilines is 1. The molecule has 5 heteroatoms. The van der Waals surface area contributed by atoms with E-state index in [1.54, 1.807) is 6.20 Å². The zero-order valence-electron chi connectivity index (χ0n) is 8.20. The summed E-state index contributed by atoms with van der Waals surface area (Å²) in [6.45, 7) is 3.16. The summed E-state index contributed by atoms with van der Waals surface area (Å²) < 4.78 is 5.44. The quantitative estimate of drug-likeness (QED) is 0.743. The fraction of sp³-hybridized carbons (Fsp3) is 0.500. The molecule has 1 aliphatic heterocycles. The molecule has 1 fully saturated rings. The first-order chi connectivity index (χ1) is 7.27. The van der Waals surface area contributed by atoms with Crippen LogP contribution >= 0.6 is 27.5 Å². The fourth-order valence-corrected chi connectivity index (χ4v) is 2.35. The van der Waals surface area contributed by atoms with Crippen LogP contribution in [0.25, 0.3) is 0 Å². The number of hydrogen-bond acceptors (Lipinski definition) is 3. The zero-order valence-corrected chi connectivity index (χ0v) is 10.5. The van der Waals surface area contributed by atoms with Crippen molar-refractivity contribution in [2.75, 3.05) is 31.2 Å². The molecule has 0 amide bonds. The van der Waals surface area contributed by atoms with Gasteiger partial charge in [0.2, 0.25) is 0 Å². The van der Waals surface area contributed by atoms with Crippen LogP contribution in [0.2, 0.25) is 5.02 Å². The van der Waals surface area contributed by atoms with E-state index < -0.39 is 0 Å². The molecule has 1 atom stereocenters. The van der Waals surface area contributed by atoms with Crippen molar-refractivity contribution in [3.8, 4) is 0 Å². The van der Waals surface area contributed by atoms with Gasteiger partial charge in [0.1, 0.15) is 5.82 Å². The highest BCUT2D eigenvalue weighted by molar-refractivity contribution is 9.09. The molecule has 1 aromatic rings. The topological polar surface area (TPSA) is 25.4 Å². The Hall–Kier alpha value is -0.320. The Bertz CT molecular complexity index is 337. The van der Waals surface area contributed by atoms with Crippen LogP contribution in [0.1, 0.15) is 0 Å². The standard InChI is InChI=1S/C10H12BrClN2O/c11-8-6-14(4-5-15-7-8)10-9(12)2-1-3-13-10/h1-3,8H,4-7H2. The highest BCUT2D eigenvalue weighted by Gasteiger charge is 2.18. The number of hydrogen-bond donors (Lipinski definition) is 0. The minimum absolute atomic E-state index is 0.332. The molecule has 1 aromatic heterocycles. The Balaban J connectivity index is 2.18. The second-order valence-electron chi connectivity index (χ2n) is 3.43. The number of rotatable bonds is 1. The molecule has 3 nitrogen and oxygen atoms in total. The molecule has 0 aromatic carbocycles. The van der Waals surface area contributed by atoms with Gasteiger partial charge >= 0.3 is 0 Å². The van der Waals surface area contributed by atoms with Gasteiger partial charge in [-0.05, 0) is 12.1 Å². The van der Waals surface area contributed by atoms with E-state index in [0.29, 0.717) is 9.85 Å². The molecule has 82 valence electrons. The molecule has 15 heavy (non-hydrogen) atoms. The van der Waals surface area contributed by atoms with Crippen LogP contribution in [0.4, 0.5) is 5.82 Å². The van der Waals surface area contributed by atoms with E-state index in [4.69, 9.17) is 16.3 Å². The van der Waals surface area contributed by atoms with E-state index in [1.165, 1.54) is 0 Å². The van der Waals surface area contributed by atoms with Crippen LogP contribution in [0.5, 0.6) is 0 Å². The van der Waals surface area contributed by atoms with Gasteiger partial charge in [-0.2, -0.15) is 0 Å². The Morgan fingerprint density at radius 2 is 2.47 bits per heavy atom. The Morgan fingerprint density at radius 3 is 3.27 bits per heavy atom. The first-order valence-electron chi connectivity index (χ1n) is 4.84. The van der Waals surface area contributed by atoms with Crippen molar-refractivity contribution in [1.82, 2.24) is 4.98 Å². The third-order valence-electron chi connectivity index (χ3n) is 2.26. The van der Waals surface area contributed by atoms with E-state index in [2.05, 4.69) is 25.8 Å². The highest BCUT2D eigenvalue weighted by atomic mass is 79.9. The summed E-state index contributed by atoms with van der Waals surface area (Å²) in [5, 5.41) is 0.694. The van der Waals surface area contributed by atoms with Crippen molar-refractivity contribution in [3.05, 3.63) is 23.4 Å². The van der Waals surface area contributed by atoms with Gasteiger partial charge in [-0.1, -0.05) is 27.5 Å². The maximum absolute atomic E-state index is 6.10. The fourth-order valence-electron chi connectivity index (χ4n) is 1.57. The molecular formula is C10H12BrClN2O. The number of pyridine rings is 1. The van der Waals surface area contributed by atoms with Gasteiger partial charge in [-0.25, -0.2) is 4.98 Å². The molecule has 1 unspecified atom stereocenters. The first-order valence-corrected chi connectivity index (χ1v) is 6.14. The lowest BCUT2D eigenvalue weighted by Crippen LogP contribution is -2.31. The minimum atomic E-state index is 0.332. The van der Waals surface area contributed by atoms with E-state index in [9.17, 15) is 0 Å². The van der Waals surface area contributed by atoms with Crippen molar-refractivity contribution in [1.29, 1.82) is 0 Å². The van der Waals surface area contributed by atoms with Crippen molar-refractivity contribution in [2.24, 2.45) is 0 Å². The summed E-state index contributed by atoms with van der Waals surface area (Å²) >= 11 is 9.66. The third kappa shape index (κ3) is 2.83. The summed E-state index contributed by atoms with van der Waals surface area (Å²) in [7, 11) is 0. The average molecular weight is 292 g/mol. The number of nitrogens with zero attached hydrogens (tertiary/aromatic N) is 2. The Labute approximate surface area is 103 Å². The highest BCUT2D eigenvalue weighted by Crippen LogP contribution is 2.24. The molecule has 2 heterocycles. The molecule has 0 aliphatic carbocycles. The van der Waals surface area contributed by atoms with Crippen LogP contribution in [0.3, 0.4) is 0 Å². The summed E-state index contributed by atoms with van der Waals surface area (Å²) in [5.74, 6) is 0.842. The molecule has 0 spiro atoms. The molecule has 0 N–H and O–H groups in total.